The van der Waals surface area contributed by atoms with Crippen LogP contribution in [0.4, 0.5) is 10.3 Å². The summed E-state index contributed by atoms with van der Waals surface area (Å²) in [6.45, 7) is 5.42. The molecular formula is C28H37FN6O5. The van der Waals surface area contributed by atoms with Crippen LogP contribution in [0.25, 0.3) is 11.1 Å². The third-order valence-corrected chi connectivity index (χ3v) is 5.94. The Kier molecular flexibility index (Phi) is 12.0. The van der Waals surface area contributed by atoms with Gasteiger partial charge < -0.3 is 34.8 Å². The third-order valence-electron chi connectivity index (χ3n) is 5.94. The molecule has 3 rings (SSSR count). The lowest BCUT2D eigenvalue weighted by molar-refractivity contribution is 0.0956. The second-order valence-corrected chi connectivity index (χ2v) is 9.22. The molecule has 1 aromatic heterocycles. The minimum absolute atomic E-state index is 0.0378. The molecule has 0 atom stereocenters. The molecule has 2 aromatic carbocycles. The largest absolute Gasteiger partial charge is 0.394 e. The number of aliphatic hydroxyl groups excluding tert-OH is 2. The number of halogens is 1. The number of ether oxygens (including phenoxy) is 2. The predicted octanol–water partition coefficient (Wildman–Crippen LogP) is 2.52. The number of aromatic nitrogens is 1. The van der Waals surface area contributed by atoms with Gasteiger partial charge in [0.15, 0.2) is 5.96 Å². The maximum atomic E-state index is 15.1. The molecule has 12 heteroatoms. The fraction of sp³-hybridized carbons (Fsp3) is 0.393. The summed E-state index contributed by atoms with van der Waals surface area (Å²) < 4.78 is 31.0. The summed E-state index contributed by atoms with van der Waals surface area (Å²) in [5.41, 5.74) is 1.91. The standard InChI is InChI=1S/C28H37FN6O5/c1-28(2,21-8-9-22(23(29)18-21)20-6-4-3-5-7-20)24-19-25(40-35-24)33-27(32-11-15-39-17-13-37)34-26(30)31-10-14-38-16-12-36/h3-9,18-19,36-37H,10-17H2,1-2H3,(H4,30,31,32,33,34). The monoisotopic (exact) mass is 556 g/mol. The van der Waals surface area contributed by atoms with Crippen LogP contribution in [0.2, 0.25) is 0 Å². The molecule has 3 aromatic rings. The number of aliphatic hydroxyl groups is 2. The van der Waals surface area contributed by atoms with E-state index in [1.54, 1.807) is 12.1 Å². The van der Waals surface area contributed by atoms with Gasteiger partial charge in [-0.3, -0.25) is 10.7 Å². The van der Waals surface area contributed by atoms with Crippen molar-refractivity contribution in [3.05, 3.63) is 71.7 Å². The molecule has 0 saturated heterocycles. The maximum absolute atomic E-state index is 15.1. The van der Waals surface area contributed by atoms with Crippen LogP contribution in [-0.2, 0) is 14.9 Å². The zero-order chi connectivity index (χ0) is 28.8. The molecule has 0 aliphatic rings. The Hall–Kier alpha value is -3.84. The van der Waals surface area contributed by atoms with Crippen LogP contribution in [0.15, 0.2) is 64.1 Å². The van der Waals surface area contributed by atoms with Crippen LogP contribution in [0.3, 0.4) is 0 Å². The lowest BCUT2D eigenvalue weighted by atomic mass is 9.81. The van der Waals surface area contributed by atoms with Crippen molar-refractivity contribution in [2.75, 3.05) is 52.7 Å². The molecule has 0 aliphatic carbocycles. The average molecular weight is 557 g/mol. The lowest BCUT2D eigenvalue weighted by Crippen LogP contribution is -2.47. The number of guanidine groups is 2. The first-order chi connectivity index (χ1) is 19.3. The summed E-state index contributed by atoms with van der Waals surface area (Å²) in [5, 5.41) is 38.7. The van der Waals surface area contributed by atoms with Crippen LogP contribution in [-0.4, -0.2) is 80.0 Å². The molecule has 40 heavy (non-hydrogen) atoms. The van der Waals surface area contributed by atoms with Gasteiger partial charge >= 0.3 is 0 Å². The Morgan fingerprint density at radius 2 is 1.65 bits per heavy atom. The molecule has 0 aliphatic heterocycles. The second-order valence-electron chi connectivity index (χ2n) is 9.22. The Morgan fingerprint density at radius 3 is 2.30 bits per heavy atom. The highest BCUT2D eigenvalue weighted by atomic mass is 19.1. The molecule has 11 nitrogen and oxygen atoms in total. The van der Waals surface area contributed by atoms with Gasteiger partial charge in [0.2, 0.25) is 5.96 Å². The van der Waals surface area contributed by atoms with Crippen LogP contribution >= 0.6 is 0 Å². The zero-order valence-electron chi connectivity index (χ0n) is 22.7. The zero-order valence-corrected chi connectivity index (χ0v) is 22.7. The minimum Gasteiger partial charge on any atom is -0.394 e. The topological polar surface area (TPSA) is 157 Å². The second kappa shape index (κ2) is 15.7. The molecule has 0 unspecified atom stereocenters. The van der Waals surface area contributed by atoms with Gasteiger partial charge in [-0.15, -0.1) is 0 Å². The van der Waals surface area contributed by atoms with Crippen molar-refractivity contribution in [1.29, 1.82) is 5.41 Å². The maximum Gasteiger partial charge on any atom is 0.253 e. The highest BCUT2D eigenvalue weighted by Gasteiger charge is 2.28. The van der Waals surface area contributed by atoms with Crippen molar-refractivity contribution < 1.29 is 28.6 Å². The van der Waals surface area contributed by atoms with E-state index in [1.807, 2.05) is 50.2 Å². The summed E-state index contributed by atoms with van der Waals surface area (Å²) in [6.07, 6.45) is 0. The van der Waals surface area contributed by atoms with Crippen molar-refractivity contribution in [2.24, 2.45) is 4.99 Å². The Labute approximate surface area is 232 Å². The fourth-order valence-corrected chi connectivity index (χ4v) is 3.72. The summed E-state index contributed by atoms with van der Waals surface area (Å²) in [6, 6.07) is 16.2. The quantitative estimate of drug-likeness (QED) is 0.0997. The Bertz CT molecular complexity index is 1230. The number of hydrogen-bond donors (Lipinski definition) is 6. The fourth-order valence-electron chi connectivity index (χ4n) is 3.72. The van der Waals surface area contributed by atoms with Gasteiger partial charge in [-0.1, -0.05) is 61.5 Å². The average Bonchev–Trinajstić information content (AvgIpc) is 3.42. The molecule has 0 bridgehead atoms. The van der Waals surface area contributed by atoms with Crippen LogP contribution < -0.4 is 16.0 Å². The molecule has 0 fully saturated rings. The summed E-state index contributed by atoms with van der Waals surface area (Å²) in [5.74, 6) is 0.0181. The smallest absolute Gasteiger partial charge is 0.253 e. The van der Waals surface area contributed by atoms with Crippen molar-refractivity contribution in [2.45, 2.75) is 19.3 Å². The normalized spacial score (nSPS) is 11.9. The van der Waals surface area contributed by atoms with Crippen molar-refractivity contribution in [3.63, 3.8) is 0 Å². The van der Waals surface area contributed by atoms with E-state index in [4.69, 9.17) is 29.6 Å². The van der Waals surface area contributed by atoms with Crippen molar-refractivity contribution in [1.82, 2.24) is 21.1 Å². The van der Waals surface area contributed by atoms with E-state index < -0.39 is 5.41 Å². The first-order valence-electron chi connectivity index (χ1n) is 13.0. The lowest BCUT2D eigenvalue weighted by Gasteiger charge is -2.23. The van der Waals surface area contributed by atoms with Gasteiger partial charge in [-0.05, 0) is 17.2 Å². The Balaban J connectivity index is 1.73. The molecule has 0 spiro atoms. The SMILES string of the molecule is CC(C)(c1ccc(-c2ccccc2)c(F)c1)c1cc(/N=C(\NCCOCCO)NC(=N)NCCOCCO)on1. The first-order valence-corrected chi connectivity index (χ1v) is 13.0. The number of benzene rings is 2. The third kappa shape index (κ3) is 9.12. The highest BCUT2D eigenvalue weighted by molar-refractivity contribution is 5.98. The number of nitrogens with zero attached hydrogens (tertiary/aromatic N) is 2. The van der Waals surface area contributed by atoms with Gasteiger partial charge in [0.25, 0.3) is 5.88 Å². The molecule has 6 N–H and O–H groups in total. The van der Waals surface area contributed by atoms with Crippen molar-refractivity contribution >= 4 is 17.8 Å². The van der Waals surface area contributed by atoms with Gasteiger partial charge in [-0.2, -0.15) is 4.99 Å². The van der Waals surface area contributed by atoms with Gasteiger partial charge in [0.05, 0.1) is 45.3 Å². The van der Waals surface area contributed by atoms with Crippen LogP contribution in [0.5, 0.6) is 0 Å². The summed E-state index contributed by atoms with van der Waals surface area (Å²) in [4.78, 5) is 4.41. The molecular weight excluding hydrogens is 519 g/mol. The van der Waals surface area contributed by atoms with E-state index in [0.717, 1.165) is 11.1 Å². The van der Waals surface area contributed by atoms with E-state index in [0.29, 0.717) is 37.6 Å². The highest BCUT2D eigenvalue weighted by Crippen LogP contribution is 2.35. The molecule has 0 radical (unpaired) electrons. The van der Waals surface area contributed by atoms with Crippen LogP contribution in [0, 0.1) is 11.2 Å². The number of rotatable bonds is 14. The summed E-state index contributed by atoms with van der Waals surface area (Å²) >= 11 is 0. The molecule has 1 heterocycles. The van der Waals surface area contributed by atoms with Gasteiger partial charge in [-0.25, -0.2) is 4.39 Å². The van der Waals surface area contributed by atoms with E-state index in [2.05, 4.69) is 26.1 Å². The first kappa shape index (κ1) is 30.7. The van der Waals surface area contributed by atoms with E-state index >= 15 is 4.39 Å². The Morgan fingerprint density at radius 1 is 0.975 bits per heavy atom. The molecule has 0 amide bonds. The molecule has 0 saturated carbocycles. The number of hydrogen-bond acceptors (Lipinski definition) is 8. The number of aliphatic imine (C=N–C) groups is 1. The van der Waals surface area contributed by atoms with Crippen LogP contribution in [0.1, 0.15) is 25.1 Å². The molecule has 216 valence electrons. The van der Waals surface area contributed by atoms with Gasteiger partial charge in [0, 0.05) is 30.1 Å². The van der Waals surface area contributed by atoms with Crippen molar-refractivity contribution in [3.8, 4) is 11.1 Å². The van der Waals surface area contributed by atoms with E-state index in [-0.39, 0.29) is 50.0 Å². The van der Waals surface area contributed by atoms with E-state index in [9.17, 15) is 0 Å². The number of nitrogens with one attached hydrogen (secondary N) is 4. The van der Waals surface area contributed by atoms with E-state index in [1.165, 1.54) is 6.07 Å². The minimum atomic E-state index is -0.685. The summed E-state index contributed by atoms with van der Waals surface area (Å²) in [7, 11) is 0. The van der Waals surface area contributed by atoms with Gasteiger partial charge in [0.1, 0.15) is 5.82 Å². The predicted molar refractivity (Wildman–Crippen MR) is 150 cm³/mol.